The number of hydrogen-bond acceptors (Lipinski definition) is 11. The number of carbonyl (C=O) groups is 3. The van der Waals surface area contributed by atoms with E-state index in [1.165, 1.54) is 0 Å². The Kier molecular flexibility index (Phi) is 10.2. The van der Waals surface area contributed by atoms with Crippen molar-refractivity contribution in [3.8, 4) is 0 Å². The molecule has 0 saturated carbocycles. The van der Waals surface area contributed by atoms with Crippen LogP contribution in [0.5, 0.6) is 0 Å². The van der Waals surface area contributed by atoms with Gasteiger partial charge in [-0.25, -0.2) is 14.4 Å². The molecule has 128 valence electrons. The van der Waals surface area contributed by atoms with E-state index in [4.69, 9.17) is 14.9 Å². The molecular formula is C11H18O9S2. The Bertz CT molecular complexity index is 366. The lowest BCUT2D eigenvalue weighted by Crippen LogP contribution is -2.43. The standard InChI is InChI=1S/C11H18O9S2/c12-1-7(15)18-4-11(3-14,5-19-8(16)2-13)6-20-9(17)10(21)22/h10,12-14,21-22H,1-6H2. The first-order chi connectivity index (χ1) is 10.3. The molecular weight excluding hydrogens is 340 g/mol. The highest BCUT2D eigenvalue weighted by atomic mass is 32.2. The Morgan fingerprint density at radius 2 is 1.27 bits per heavy atom. The molecule has 0 fully saturated rings. The maximum absolute atomic E-state index is 11.3. The molecule has 0 aromatic heterocycles. The van der Waals surface area contributed by atoms with Crippen molar-refractivity contribution in [1.29, 1.82) is 0 Å². The number of thiol groups is 2. The predicted molar refractivity (Wildman–Crippen MR) is 78.3 cm³/mol. The van der Waals surface area contributed by atoms with Crippen LogP contribution >= 0.6 is 25.3 Å². The molecule has 0 spiro atoms. The number of aliphatic hydroxyl groups is 3. The molecule has 0 saturated heterocycles. The summed E-state index contributed by atoms with van der Waals surface area (Å²) in [4.78, 5) is 33.3. The molecule has 0 aliphatic carbocycles. The molecule has 11 heteroatoms. The van der Waals surface area contributed by atoms with Crippen molar-refractivity contribution >= 4 is 43.2 Å². The van der Waals surface area contributed by atoms with Gasteiger partial charge in [-0.2, -0.15) is 25.3 Å². The van der Waals surface area contributed by atoms with Crippen LogP contribution in [0, 0.1) is 5.41 Å². The van der Waals surface area contributed by atoms with Crippen molar-refractivity contribution in [2.45, 2.75) is 4.58 Å². The molecule has 0 unspecified atom stereocenters. The fourth-order valence-electron chi connectivity index (χ4n) is 1.12. The van der Waals surface area contributed by atoms with Crippen LogP contribution in [0.4, 0.5) is 0 Å². The molecule has 0 heterocycles. The van der Waals surface area contributed by atoms with Crippen LogP contribution in [-0.4, -0.2) is 77.5 Å². The smallest absolute Gasteiger partial charge is 0.331 e. The van der Waals surface area contributed by atoms with Gasteiger partial charge in [0.25, 0.3) is 0 Å². The molecule has 22 heavy (non-hydrogen) atoms. The Morgan fingerprint density at radius 3 is 1.59 bits per heavy atom. The summed E-state index contributed by atoms with van der Waals surface area (Å²) in [6.07, 6.45) is 0. The number of aliphatic hydroxyl groups excluding tert-OH is 3. The van der Waals surface area contributed by atoms with Gasteiger partial charge in [-0.1, -0.05) is 0 Å². The molecule has 0 aromatic carbocycles. The van der Waals surface area contributed by atoms with Crippen LogP contribution in [0.25, 0.3) is 0 Å². The molecule has 0 amide bonds. The summed E-state index contributed by atoms with van der Waals surface area (Å²) in [7, 11) is 0. The molecule has 0 radical (unpaired) electrons. The second-order valence-electron chi connectivity index (χ2n) is 4.28. The lowest BCUT2D eigenvalue weighted by Gasteiger charge is -2.30. The van der Waals surface area contributed by atoms with Gasteiger partial charge in [0.15, 0.2) is 0 Å². The topological polar surface area (TPSA) is 140 Å². The van der Waals surface area contributed by atoms with Crippen LogP contribution < -0.4 is 0 Å². The van der Waals surface area contributed by atoms with Crippen LogP contribution in [0.2, 0.25) is 0 Å². The fraction of sp³-hybridized carbons (Fsp3) is 0.727. The van der Waals surface area contributed by atoms with Gasteiger partial charge in [0, 0.05) is 0 Å². The zero-order valence-corrected chi connectivity index (χ0v) is 13.3. The van der Waals surface area contributed by atoms with Crippen molar-refractivity contribution < 1.29 is 43.9 Å². The summed E-state index contributed by atoms with van der Waals surface area (Å²) in [5.74, 6) is -2.76. The first-order valence-corrected chi connectivity index (χ1v) is 7.00. The summed E-state index contributed by atoms with van der Waals surface area (Å²) >= 11 is 7.48. The summed E-state index contributed by atoms with van der Waals surface area (Å²) in [5.41, 5.74) is -1.44. The minimum Gasteiger partial charge on any atom is -0.463 e. The molecule has 0 aromatic rings. The zero-order chi connectivity index (χ0) is 17.2. The first-order valence-electron chi connectivity index (χ1n) is 5.97. The van der Waals surface area contributed by atoms with Gasteiger partial charge in [0.05, 0.1) is 12.0 Å². The minimum atomic E-state index is -1.44. The third-order valence-corrected chi connectivity index (χ3v) is 2.83. The number of rotatable bonds is 10. The van der Waals surface area contributed by atoms with E-state index >= 15 is 0 Å². The van der Waals surface area contributed by atoms with Crippen LogP contribution in [0.1, 0.15) is 0 Å². The Balaban J connectivity index is 4.85. The summed E-state index contributed by atoms with van der Waals surface area (Å²) in [6.45, 7) is -3.86. The van der Waals surface area contributed by atoms with Crippen molar-refractivity contribution in [3.05, 3.63) is 0 Å². The first kappa shape index (κ1) is 21.0. The maximum atomic E-state index is 11.3. The largest absolute Gasteiger partial charge is 0.463 e. The number of hydrogen-bond donors (Lipinski definition) is 5. The van der Waals surface area contributed by atoms with E-state index in [1.54, 1.807) is 0 Å². The van der Waals surface area contributed by atoms with E-state index in [0.29, 0.717) is 0 Å². The van der Waals surface area contributed by atoms with Crippen molar-refractivity contribution in [1.82, 2.24) is 0 Å². The lowest BCUT2D eigenvalue weighted by molar-refractivity contribution is -0.167. The van der Waals surface area contributed by atoms with Crippen molar-refractivity contribution in [2.75, 3.05) is 39.6 Å². The Labute approximate surface area is 137 Å². The lowest BCUT2D eigenvalue weighted by atomic mass is 9.92. The second-order valence-corrected chi connectivity index (χ2v) is 5.72. The maximum Gasteiger partial charge on any atom is 0.331 e. The number of ether oxygens (including phenoxy) is 3. The van der Waals surface area contributed by atoms with Gasteiger partial charge < -0.3 is 29.5 Å². The van der Waals surface area contributed by atoms with E-state index in [9.17, 15) is 19.5 Å². The molecule has 0 aliphatic heterocycles. The normalized spacial score (nSPS) is 11.2. The quantitative estimate of drug-likeness (QED) is 0.127. The van der Waals surface area contributed by atoms with E-state index in [2.05, 4.69) is 34.7 Å². The fourth-order valence-corrected chi connectivity index (χ4v) is 1.27. The summed E-state index contributed by atoms with van der Waals surface area (Å²) in [6, 6.07) is 0. The third-order valence-electron chi connectivity index (χ3n) is 2.40. The Morgan fingerprint density at radius 1 is 0.864 bits per heavy atom. The average molecular weight is 358 g/mol. The minimum absolute atomic E-state index is 0.461. The number of carbonyl (C=O) groups excluding carboxylic acids is 3. The predicted octanol–water partition coefficient (Wildman–Crippen LogP) is -2.23. The SMILES string of the molecule is O=C(CO)OCC(CO)(COC(=O)CO)COC(=O)C(S)S. The molecule has 3 N–H and O–H groups in total. The average Bonchev–Trinajstić information content (AvgIpc) is 2.53. The highest BCUT2D eigenvalue weighted by molar-refractivity contribution is 8.00. The van der Waals surface area contributed by atoms with Crippen LogP contribution in [-0.2, 0) is 28.6 Å². The van der Waals surface area contributed by atoms with Gasteiger partial charge in [-0.15, -0.1) is 0 Å². The molecule has 0 rings (SSSR count). The van der Waals surface area contributed by atoms with Gasteiger partial charge in [-0.3, -0.25) is 0 Å². The molecule has 0 bridgehead atoms. The van der Waals surface area contributed by atoms with Crippen molar-refractivity contribution in [3.63, 3.8) is 0 Å². The van der Waals surface area contributed by atoms with Crippen LogP contribution in [0.3, 0.4) is 0 Å². The van der Waals surface area contributed by atoms with Crippen LogP contribution in [0.15, 0.2) is 0 Å². The molecule has 0 aliphatic rings. The zero-order valence-electron chi connectivity index (χ0n) is 11.5. The van der Waals surface area contributed by atoms with Gasteiger partial charge in [0.1, 0.15) is 37.6 Å². The molecule has 9 nitrogen and oxygen atoms in total. The Hall–Kier alpha value is -1.01. The van der Waals surface area contributed by atoms with E-state index < -0.39 is 67.5 Å². The second kappa shape index (κ2) is 10.7. The summed E-state index contributed by atoms with van der Waals surface area (Å²) < 4.78 is 13.2. The van der Waals surface area contributed by atoms with E-state index in [1.807, 2.05) is 0 Å². The van der Waals surface area contributed by atoms with Crippen molar-refractivity contribution in [2.24, 2.45) is 5.41 Å². The van der Waals surface area contributed by atoms with E-state index in [0.717, 1.165) is 0 Å². The van der Waals surface area contributed by atoms with Gasteiger partial charge in [-0.05, 0) is 0 Å². The third kappa shape index (κ3) is 7.84. The molecule has 0 atom stereocenters. The highest BCUT2D eigenvalue weighted by Gasteiger charge is 2.35. The van der Waals surface area contributed by atoms with Gasteiger partial charge in [0.2, 0.25) is 0 Å². The number of esters is 3. The highest BCUT2D eigenvalue weighted by Crippen LogP contribution is 2.20. The summed E-state index contributed by atoms with van der Waals surface area (Å²) in [5, 5.41) is 26.6. The van der Waals surface area contributed by atoms with E-state index in [-0.39, 0.29) is 0 Å². The van der Waals surface area contributed by atoms with Gasteiger partial charge >= 0.3 is 17.9 Å². The monoisotopic (exact) mass is 358 g/mol.